The van der Waals surface area contributed by atoms with Gasteiger partial charge < -0.3 is 5.32 Å². The molecule has 0 aromatic rings. The number of hydrogen-bond donors (Lipinski definition) is 2. The molecule has 2 saturated carbocycles. The largest absolute Gasteiger partial charge is 0.339 e. The van der Waals surface area contributed by atoms with Crippen molar-refractivity contribution in [2.24, 2.45) is 17.8 Å². The molecule has 2 rings (SSSR count). The van der Waals surface area contributed by atoms with Crippen LogP contribution in [0.15, 0.2) is 0 Å². The summed E-state index contributed by atoms with van der Waals surface area (Å²) in [6, 6.07) is -1.52. The molecule has 2 aliphatic carbocycles. The van der Waals surface area contributed by atoms with E-state index in [0.29, 0.717) is 18.3 Å². The van der Waals surface area contributed by atoms with Crippen molar-refractivity contribution in [3.05, 3.63) is 0 Å². The van der Waals surface area contributed by atoms with E-state index in [1.54, 1.807) is 0 Å². The fourth-order valence-corrected chi connectivity index (χ4v) is 5.15. The highest BCUT2D eigenvalue weighted by Crippen LogP contribution is 2.49. The number of unbranched alkanes of at least 4 members (excludes halogenated alkanes) is 2. The number of nitrogens with one attached hydrogen (secondary N) is 2. The van der Waals surface area contributed by atoms with Gasteiger partial charge in [-0.3, -0.25) is 5.32 Å². The fourth-order valence-electron chi connectivity index (χ4n) is 4.34. The molecular formula is C17H31N3O4S. The van der Waals surface area contributed by atoms with Gasteiger partial charge in [-0.25, -0.2) is 22.3 Å². The normalized spacial score (nSPS) is 26.3. The smallest absolute Gasteiger partial charge is 0.335 e. The van der Waals surface area contributed by atoms with Crippen molar-refractivity contribution < 1.29 is 18.0 Å². The molecule has 2 aliphatic rings. The molecule has 4 atom stereocenters. The summed E-state index contributed by atoms with van der Waals surface area (Å²) in [6.45, 7) is 4.05. The Kier molecular flexibility index (Phi) is 6.71. The zero-order valence-electron chi connectivity index (χ0n) is 15.5. The molecule has 4 amide bonds. The van der Waals surface area contributed by atoms with Crippen LogP contribution in [0.4, 0.5) is 9.59 Å². The van der Waals surface area contributed by atoms with E-state index in [-0.39, 0.29) is 12.6 Å². The lowest BCUT2D eigenvalue weighted by molar-refractivity contribution is 0.207. The Bertz CT molecular complexity index is 593. The maximum absolute atomic E-state index is 12.2. The fraction of sp³-hybridized carbons (Fsp3) is 0.882. The predicted molar refractivity (Wildman–Crippen MR) is 96.5 cm³/mol. The van der Waals surface area contributed by atoms with Crippen molar-refractivity contribution in [2.45, 2.75) is 64.8 Å². The molecule has 2 fully saturated rings. The van der Waals surface area contributed by atoms with E-state index in [9.17, 15) is 18.0 Å². The Morgan fingerprint density at radius 2 is 1.92 bits per heavy atom. The average Bonchev–Trinajstić information content (AvgIpc) is 3.12. The number of urea groups is 2. The van der Waals surface area contributed by atoms with Gasteiger partial charge in [-0.05, 0) is 50.4 Å². The van der Waals surface area contributed by atoms with Crippen LogP contribution >= 0.6 is 0 Å². The first-order chi connectivity index (χ1) is 11.7. The number of sulfonamides is 1. The van der Waals surface area contributed by atoms with Gasteiger partial charge in [0.05, 0.1) is 6.26 Å². The van der Waals surface area contributed by atoms with Crippen LogP contribution in [0.3, 0.4) is 0 Å². The second-order valence-corrected chi connectivity index (χ2v) is 9.48. The van der Waals surface area contributed by atoms with Crippen LogP contribution < -0.4 is 10.6 Å². The van der Waals surface area contributed by atoms with Crippen LogP contribution in [0.25, 0.3) is 0 Å². The van der Waals surface area contributed by atoms with E-state index in [1.807, 2.05) is 13.8 Å². The molecule has 2 N–H and O–H groups in total. The van der Waals surface area contributed by atoms with E-state index in [0.717, 1.165) is 35.7 Å². The van der Waals surface area contributed by atoms with Crippen LogP contribution in [0.1, 0.15) is 58.8 Å². The third-order valence-corrected chi connectivity index (χ3v) is 6.75. The van der Waals surface area contributed by atoms with Gasteiger partial charge in [-0.1, -0.05) is 26.2 Å². The molecule has 0 radical (unpaired) electrons. The van der Waals surface area contributed by atoms with Crippen molar-refractivity contribution in [1.82, 2.24) is 14.9 Å². The van der Waals surface area contributed by atoms with Crippen molar-refractivity contribution in [2.75, 3.05) is 12.8 Å². The number of carbonyl (C=O) groups excluding carboxylic acids is 2. The Morgan fingerprint density at radius 1 is 1.20 bits per heavy atom. The monoisotopic (exact) mass is 373 g/mol. The number of hydrogen-bond acceptors (Lipinski definition) is 4. The average molecular weight is 374 g/mol. The van der Waals surface area contributed by atoms with Crippen LogP contribution in [0.2, 0.25) is 0 Å². The summed E-state index contributed by atoms with van der Waals surface area (Å²) in [5, 5.41) is 4.99. The van der Waals surface area contributed by atoms with Gasteiger partial charge in [0.25, 0.3) is 0 Å². The number of carbonyl (C=O) groups is 2. The summed E-state index contributed by atoms with van der Waals surface area (Å²) >= 11 is 0. The summed E-state index contributed by atoms with van der Waals surface area (Å²) in [7, 11) is -3.70. The molecule has 144 valence electrons. The lowest BCUT2D eigenvalue weighted by Gasteiger charge is -2.28. The molecule has 2 bridgehead atoms. The van der Waals surface area contributed by atoms with Crippen LogP contribution in [0, 0.1) is 17.8 Å². The van der Waals surface area contributed by atoms with Gasteiger partial charge in [0.1, 0.15) is 0 Å². The van der Waals surface area contributed by atoms with Crippen molar-refractivity contribution >= 4 is 22.1 Å². The molecule has 0 aliphatic heterocycles. The Balaban J connectivity index is 1.85. The molecule has 0 saturated heterocycles. The van der Waals surface area contributed by atoms with E-state index >= 15 is 0 Å². The summed E-state index contributed by atoms with van der Waals surface area (Å²) in [5.41, 5.74) is 0. The Hall–Kier alpha value is -1.31. The number of rotatable bonds is 7. The van der Waals surface area contributed by atoms with Crippen molar-refractivity contribution in [3.63, 3.8) is 0 Å². The molecule has 0 aromatic heterocycles. The first-order valence-electron chi connectivity index (χ1n) is 9.31. The summed E-state index contributed by atoms with van der Waals surface area (Å²) in [4.78, 5) is 24.3. The topological polar surface area (TPSA) is 95.6 Å². The van der Waals surface area contributed by atoms with Gasteiger partial charge in [0.2, 0.25) is 10.0 Å². The maximum atomic E-state index is 12.2. The summed E-state index contributed by atoms with van der Waals surface area (Å²) < 4.78 is 24.3. The molecule has 0 aromatic carbocycles. The van der Waals surface area contributed by atoms with E-state index < -0.39 is 22.1 Å². The second kappa shape index (κ2) is 8.38. The number of fused-ring (bicyclic) bond motifs is 2. The highest BCUT2D eigenvalue weighted by atomic mass is 32.2. The first kappa shape index (κ1) is 20.0. The molecule has 0 unspecified atom stereocenters. The van der Waals surface area contributed by atoms with Gasteiger partial charge in [-0.2, -0.15) is 0 Å². The minimum Gasteiger partial charge on any atom is -0.335 e. The minimum absolute atomic E-state index is 0.0186. The summed E-state index contributed by atoms with van der Waals surface area (Å²) in [6.07, 6.45) is 8.20. The molecular weight excluding hydrogens is 342 g/mol. The second-order valence-electron chi connectivity index (χ2n) is 7.57. The molecule has 8 heteroatoms. The SMILES string of the molecule is CCCCCN(C(=O)NC(=O)N[C@H](C)[C@@H]1C[C@H]2CC[C@H]1C2)S(C)(=O)=O. The standard InChI is InChI=1S/C17H31N3O4S/c1-4-5-6-9-20(25(3,23)24)17(22)19-16(21)18-12(2)15-11-13-7-8-14(15)10-13/h12-15H,4-11H2,1-3H3,(H2,18,19,21,22)/t12-,13+,14+,15+/m1/s1. The predicted octanol–water partition coefficient (Wildman–Crippen LogP) is 2.68. The Morgan fingerprint density at radius 3 is 2.44 bits per heavy atom. The molecule has 7 nitrogen and oxygen atoms in total. The quantitative estimate of drug-likeness (QED) is 0.671. The highest BCUT2D eigenvalue weighted by Gasteiger charge is 2.42. The van der Waals surface area contributed by atoms with Crippen LogP contribution in [-0.4, -0.2) is 43.6 Å². The van der Waals surface area contributed by atoms with Crippen molar-refractivity contribution in [1.29, 1.82) is 0 Å². The van der Waals surface area contributed by atoms with E-state index in [2.05, 4.69) is 10.6 Å². The van der Waals surface area contributed by atoms with Gasteiger partial charge >= 0.3 is 12.1 Å². The van der Waals surface area contributed by atoms with E-state index in [4.69, 9.17) is 0 Å². The van der Waals surface area contributed by atoms with Crippen LogP contribution in [-0.2, 0) is 10.0 Å². The third-order valence-electron chi connectivity index (χ3n) is 5.61. The Labute approximate surface area is 151 Å². The number of nitrogens with zero attached hydrogens (tertiary/aromatic N) is 1. The van der Waals surface area contributed by atoms with Gasteiger partial charge in [0, 0.05) is 12.6 Å². The zero-order chi connectivity index (χ0) is 18.6. The van der Waals surface area contributed by atoms with Crippen molar-refractivity contribution in [3.8, 4) is 0 Å². The molecule has 25 heavy (non-hydrogen) atoms. The van der Waals surface area contributed by atoms with Crippen LogP contribution in [0.5, 0.6) is 0 Å². The lowest BCUT2D eigenvalue weighted by atomic mass is 9.84. The van der Waals surface area contributed by atoms with Gasteiger partial charge in [0.15, 0.2) is 0 Å². The lowest BCUT2D eigenvalue weighted by Crippen LogP contribution is -2.52. The van der Waals surface area contributed by atoms with Gasteiger partial charge in [-0.15, -0.1) is 0 Å². The number of amides is 4. The maximum Gasteiger partial charge on any atom is 0.339 e. The molecule has 0 spiro atoms. The highest BCUT2D eigenvalue weighted by molar-refractivity contribution is 7.88. The first-order valence-corrected chi connectivity index (χ1v) is 11.2. The van der Waals surface area contributed by atoms with E-state index in [1.165, 1.54) is 19.3 Å². The summed E-state index contributed by atoms with van der Waals surface area (Å²) in [5.74, 6) is 1.90. The molecule has 0 heterocycles. The minimum atomic E-state index is -3.70. The number of imide groups is 1. The third kappa shape index (κ3) is 5.33. The zero-order valence-corrected chi connectivity index (χ0v) is 16.3.